The molecule has 8 heteroatoms. The van der Waals surface area contributed by atoms with Gasteiger partial charge in [0.1, 0.15) is 0 Å². The van der Waals surface area contributed by atoms with Crippen molar-refractivity contribution in [3.05, 3.63) is 83.4 Å². The molecule has 0 fully saturated rings. The average Bonchev–Trinajstić information content (AvgIpc) is 3.21. The number of anilines is 1. The van der Waals surface area contributed by atoms with Crippen LogP contribution in [0.5, 0.6) is 0 Å². The zero-order chi connectivity index (χ0) is 25.8. The summed E-state index contributed by atoms with van der Waals surface area (Å²) >= 11 is 0. The largest absolute Gasteiger partial charge is 0.465 e. The average molecular weight is 485 g/mol. The molecule has 1 heterocycles. The van der Waals surface area contributed by atoms with Gasteiger partial charge in [-0.2, -0.15) is 0 Å². The van der Waals surface area contributed by atoms with Crippen LogP contribution >= 0.6 is 0 Å². The highest BCUT2D eigenvalue weighted by molar-refractivity contribution is 6.11. The number of imidazole rings is 1. The molecule has 0 aliphatic rings. The van der Waals surface area contributed by atoms with E-state index in [9.17, 15) is 14.4 Å². The Morgan fingerprint density at radius 1 is 0.917 bits per heavy atom. The van der Waals surface area contributed by atoms with Crippen molar-refractivity contribution in [2.75, 3.05) is 19.0 Å². The molecule has 0 unspecified atom stereocenters. The summed E-state index contributed by atoms with van der Waals surface area (Å²) < 4.78 is 6.80. The number of amides is 2. The van der Waals surface area contributed by atoms with Crippen LogP contribution < -0.4 is 10.6 Å². The van der Waals surface area contributed by atoms with Crippen LogP contribution in [0.15, 0.2) is 66.7 Å². The van der Waals surface area contributed by atoms with Gasteiger partial charge in [0.25, 0.3) is 11.8 Å². The normalized spacial score (nSPS) is 10.9. The minimum absolute atomic E-state index is 0.192. The van der Waals surface area contributed by atoms with E-state index < -0.39 is 5.97 Å². The van der Waals surface area contributed by atoms with Crippen molar-refractivity contribution >= 4 is 34.8 Å². The molecule has 0 aliphatic heterocycles. The molecule has 3 aromatic carbocycles. The Morgan fingerprint density at radius 3 is 2.33 bits per heavy atom. The lowest BCUT2D eigenvalue weighted by Crippen LogP contribution is -2.27. The molecular weight excluding hydrogens is 456 g/mol. The van der Waals surface area contributed by atoms with E-state index in [1.807, 2.05) is 45.2 Å². The molecule has 36 heavy (non-hydrogen) atoms. The summed E-state index contributed by atoms with van der Waals surface area (Å²) in [5.74, 6) is -0.572. The second-order valence-corrected chi connectivity index (χ2v) is 8.84. The number of methoxy groups -OCH3 is 1. The van der Waals surface area contributed by atoms with Crippen molar-refractivity contribution in [3.63, 3.8) is 0 Å². The lowest BCUT2D eigenvalue weighted by molar-refractivity contribution is 0.0601. The van der Waals surface area contributed by atoms with E-state index >= 15 is 0 Å². The molecule has 0 spiro atoms. The van der Waals surface area contributed by atoms with Crippen molar-refractivity contribution in [1.29, 1.82) is 0 Å². The maximum Gasteiger partial charge on any atom is 0.338 e. The van der Waals surface area contributed by atoms with Crippen LogP contribution in [0.2, 0.25) is 0 Å². The molecular formula is C28H28N4O4. The summed E-state index contributed by atoms with van der Waals surface area (Å²) in [6.07, 6.45) is 0. The van der Waals surface area contributed by atoms with Crippen LogP contribution in [-0.4, -0.2) is 41.0 Å². The van der Waals surface area contributed by atoms with E-state index in [2.05, 4.69) is 15.6 Å². The number of fused-ring (bicyclic) bond motifs is 1. The van der Waals surface area contributed by atoms with Gasteiger partial charge in [0.15, 0.2) is 0 Å². The summed E-state index contributed by atoms with van der Waals surface area (Å²) in [6.45, 7) is 4.51. The summed E-state index contributed by atoms with van der Waals surface area (Å²) in [4.78, 5) is 43.2. The molecule has 0 saturated carbocycles. The minimum atomic E-state index is -0.603. The smallest absolute Gasteiger partial charge is 0.338 e. The first-order valence-corrected chi connectivity index (χ1v) is 11.6. The molecule has 184 valence electrons. The number of hydrogen-bond donors (Lipinski definition) is 2. The minimum Gasteiger partial charge on any atom is -0.465 e. The standard InChI is InChI=1S/C28H28N4O4/c1-17(2)16-29-25(33)18-13-14-20(22(15-18)27(35)36-4)19-9-5-6-10-21(19)26(34)31-28-30-23-11-7-8-12-24(23)32(28)3/h5-15,17H,16H2,1-4H3,(H,29,33)(H,30,31,34). The Labute approximate surface area is 209 Å². The number of rotatable bonds is 7. The van der Waals surface area contributed by atoms with E-state index in [1.54, 1.807) is 41.0 Å². The first-order chi connectivity index (χ1) is 17.3. The number of para-hydroxylation sites is 2. The van der Waals surface area contributed by atoms with Gasteiger partial charge >= 0.3 is 5.97 Å². The number of nitrogens with zero attached hydrogens (tertiary/aromatic N) is 2. The van der Waals surface area contributed by atoms with Crippen LogP contribution in [-0.2, 0) is 11.8 Å². The molecule has 0 bridgehead atoms. The second-order valence-electron chi connectivity index (χ2n) is 8.84. The molecule has 0 radical (unpaired) electrons. The van der Waals surface area contributed by atoms with Gasteiger partial charge in [-0.15, -0.1) is 0 Å². The van der Waals surface area contributed by atoms with Gasteiger partial charge in [0.2, 0.25) is 5.95 Å². The fourth-order valence-corrected chi connectivity index (χ4v) is 3.94. The van der Waals surface area contributed by atoms with Crippen LogP contribution in [0.1, 0.15) is 44.9 Å². The van der Waals surface area contributed by atoms with E-state index in [0.717, 1.165) is 11.0 Å². The first-order valence-electron chi connectivity index (χ1n) is 11.6. The van der Waals surface area contributed by atoms with Gasteiger partial charge in [0.05, 0.1) is 23.7 Å². The van der Waals surface area contributed by atoms with E-state index in [-0.39, 0.29) is 23.3 Å². The topological polar surface area (TPSA) is 102 Å². The highest BCUT2D eigenvalue weighted by Gasteiger charge is 2.22. The zero-order valence-corrected chi connectivity index (χ0v) is 20.7. The number of aromatic nitrogens is 2. The van der Waals surface area contributed by atoms with Crippen LogP contribution in [0.3, 0.4) is 0 Å². The molecule has 8 nitrogen and oxygen atoms in total. The third-order valence-corrected chi connectivity index (χ3v) is 5.83. The van der Waals surface area contributed by atoms with Crippen molar-refractivity contribution in [3.8, 4) is 11.1 Å². The number of esters is 1. The predicted molar refractivity (Wildman–Crippen MR) is 139 cm³/mol. The third-order valence-electron chi connectivity index (χ3n) is 5.83. The summed E-state index contributed by atoms with van der Waals surface area (Å²) in [5, 5.41) is 5.73. The quantitative estimate of drug-likeness (QED) is 0.371. The summed E-state index contributed by atoms with van der Waals surface area (Å²) in [7, 11) is 3.11. The fraction of sp³-hybridized carbons (Fsp3) is 0.214. The molecule has 4 rings (SSSR count). The number of benzene rings is 3. The van der Waals surface area contributed by atoms with Gasteiger partial charge in [-0.3, -0.25) is 14.9 Å². The molecule has 0 atom stereocenters. The lowest BCUT2D eigenvalue weighted by Gasteiger charge is -2.15. The SMILES string of the molecule is COC(=O)c1cc(C(=O)NCC(C)C)ccc1-c1ccccc1C(=O)Nc1nc2ccccc2n1C. The monoisotopic (exact) mass is 484 g/mol. The maximum atomic E-state index is 13.4. The van der Waals surface area contributed by atoms with Crippen LogP contribution in [0.4, 0.5) is 5.95 Å². The number of carbonyl (C=O) groups excluding carboxylic acids is 3. The Hall–Kier alpha value is -4.46. The fourth-order valence-electron chi connectivity index (χ4n) is 3.94. The molecule has 4 aromatic rings. The molecule has 0 saturated heterocycles. The van der Waals surface area contributed by atoms with E-state index in [4.69, 9.17) is 4.74 Å². The van der Waals surface area contributed by atoms with Gasteiger partial charge in [-0.05, 0) is 47.4 Å². The van der Waals surface area contributed by atoms with Crippen molar-refractivity contribution < 1.29 is 19.1 Å². The molecule has 0 aliphatic carbocycles. The summed E-state index contributed by atoms with van der Waals surface area (Å²) in [5.41, 5.74) is 3.55. The van der Waals surface area contributed by atoms with E-state index in [1.165, 1.54) is 13.2 Å². The number of ether oxygens (including phenoxy) is 1. The van der Waals surface area contributed by atoms with Gasteiger partial charge in [-0.1, -0.05) is 50.2 Å². The highest BCUT2D eigenvalue weighted by atomic mass is 16.5. The van der Waals surface area contributed by atoms with Crippen LogP contribution in [0.25, 0.3) is 22.2 Å². The second kappa shape index (κ2) is 10.4. The number of aryl methyl sites for hydroxylation is 1. The van der Waals surface area contributed by atoms with Gasteiger partial charge < -0.3 is 14.6 Å². The molecule has 1 aromatic heterocycles. The first kappa shape index (κ1) is 24.7. The number of hydrogen-bond acceptors (Lipinski definition) is 5. The zero-order valence-electron chi connectivity index (χ0n) is 20.7. The van der Waals surface area contributed by atoms with Crippen molar-refractivity contribution in [2.45, 2.75) is 13.8 Å². The van der Waals surface area contributed by atoms with Crippen LogP contribution in [0, 0.1) is 5.92 Å². The maximum absolute atomic E-state index is 13.4. The molecule has 2 amide bonds. The van der Waals surface area contributed by atoms with E-state index in [0.29, 0.717) is 34.7 Å². The highest BCUT2D eigenvalue weighted by Crippen LogP contribution is 2.30. The van der Waals surface area contributed by atoms with Crippen molar-refractivity contribution in [2.24, 2.45) is 13.0 Å². The lowest BCUT2D eigenvalue weighted by atomic mass is 9.93. The molecule has 2 N–H and O–H groups in total. The Kier molecular flexibility index (Phi) is 7.15. The Bertz CT molecular complexity index is 1460. The number of carbonyl (C=O) groups is 3. The Balaban J connectivity index is 1.71. The van der Waals surface area contributed by atoms with Gasteiger partial charge in [0, 0.05) is 24.7 Å². The van der Waals surface area contributed by atoms with Gasteiger partial charge in [-0.25, -0.2) is 9.78 Å². The third kappa shape index (κ3) is 4.98. The Morgan fingerprint density at radius 2 is 1.61 bits per heavy atom. The van der Waals surface area contributed by atoms with Crippen molar-refractivity contribution in [1.82, 2.24) is 14.9 Å². The summed E-state index contributed by atoms with van der Waals surface area (Å²) in [6, 6.07) is 19.4. The number of nitrogens with one attached hydrogen (secondary N) is 2. The predicted octanol–water partition coefficient (Wildman–Crippen LogP) is 4.67.